The first-order valence-electron chi connectivity index (χ1n) is 10.1. The number of hydrogen-bond acceptors (Lipinski definition) is 4. The maximum Gasteiger partial charge on any atom is 0.0497 e. The van der Waals surface area contributed by atoms with Gasteiger partial charge in [-0.25, -0.2) is 0 Å². The van der Waals surface area contributed by atoms with Gasteiger partial charge in [0.05, 0.1) is 0 Å². The maximum atomic E-state index is 9.86. The van der Waals surface area contributed by atoms with Crippen LogP contribution in [-0.2, 0) is 0 Å². The lowest BCUT2D eigenvalue weighted by Gasteiger charge is -2.25. The van der Waals surface area contributed by atoms with Crippen LogP contribution in [-0.4, -0.2) is 46.9 Å². The third kappa shape index (κ3) is 4.81. The first kappa shape index (κ1) is 22.6. The molecule has 0 saturated heterocycles. The molecule has 0 spiro atoms. The summed E-state index contributed by atoms with van der Waals surface area (Å²) in [6.07, 6.45) is 0. The van der Waals surface area contributed by atoms with Gasteiger partial charge in [-0.1, -0.05) is 64.1 Å². The average molecular weight is 387 g/mol. The van der Waals surface area contributed by atoms with E-state index in [9.17, 15) is 20.4 Å². The summed E-state index contributed by atoms with van der Waals surface area (Å²) in [5, 5.41) is 38.7. The molecule has 0 saturated carbocycles. The molecule has 4 nitrogen and oxygen atoms in total. The molecular formula is C24H34O4. The molecule has 28 heavy (non-hydrogen) atoms. The van der Waals surface area contributed by atoms with Crippen LogP contribution in [0, 0.1) is 0 Å². The quantitative estimate of drug-likeness (QED) is 0.529. The van der Waals surface area contributed by atoms with E-state index in [4.69, 9.17) is 0 Å². The molecule has 0 radical (unpaired) electrons. The van der Waals surface area contributed by atoms with Gasteiger partial charge >= 0.3 is 0 Å². The van der Waals surface area contributed by atoms with E-state index >= 15 is 0 Å². The zero-order chi connectivity index (χ0) is 20.8. The Bertz CT molecular complexity index is 723. The van der Waals surface area contributed by atoms with Crippen LogP contribution >= 0.6 is 0 Å². The summed E-state index contributed by atoms with van der Waals surface area (Å²) < 4.78 is 0. The Labute approximate surface area is 168 Å². The van der Waals surface area contributed by atoms with Crippen LogP contribution in [0.1, 0.15) is 73.6 Å². The summed E-state index contributed by atoms with van der Waals surface area (Å²) in [5.41, 5.74) is 6.22. The van der Waals surface area contributed by atoms with Crippen molar-refractivity contribution in [3.63, 3.8) is 0 Å². The van der Waals surface area contributed by atoms with Crippen LogP contribution in [0.4, 0.5) is 0 Å². The van der Waals surface area contributed by atoms with Crippen LogP contribution in [0.3, 0.4) is 0 Å². The molecule has 4 atom stereocenters. The van der Waals surface area contributed by atoms with Gasteiger partial charge in [0, 0.05) is 50.1 Å². The van der Waals surface area contributed by atoms with Gasteiger partial charge in [0.2, 0.25) is 0 Å². The standard InChI is InChI=1S/C24H34O4/c1-15(11-25)19-5-7-20(8-6-19)24-22(17(3)13-27)9-21(16(2)12-26)10-23(24)18(4)14-28/h5-10,15-18,25-28H,11-14H2,1-4H3. The molecule has 0 aliphatic carbocycles. The second-order valence-corrected chi connectivity index (χ2v) is 8.03. The van der Waals surface area contributed by atoms with E-state index in [1.165, 1.54) is 0 Å². The molecule has 2 rings (SSSR count). The summed E-state index contributed by atoms with van der Waals surface area (Å²) in [7, 11) is 0. The maximum absolute atomic E-state index is 9.86. The van der Waals surface area contributed by atoms with Crippen molar-refractivity contribution in [1.82, 2.24) is 0 Å². The van der Waals surface area contributed by atoms with Gasteiger partial charge in [0.15, 0.2) is 0 Å². The van der Waals surface area contributed by atoms with Crippen molar-refractivity contribution in [2.75, 3.05) is 26.4 Å². The molecule has 0 heterocycles. The van der Waals surface area contributed by atoms with E-state index in [1.807, 2.05) is 52.0 Å². The largest absolute Gasteiger partial charge is 0.396 e. The molecule has 4 N–H and O–H groups in total. The fourth-order valence-corrected chi connectivity index (χ4v) is 3.49. The Kier molecular flexibility index (Phi) is 8.20. The van der Waals surface area contributed by atoms with E-state index in [1.54, 1.807) is 0 Å². The van der Waals surface area contributed by atoms with E-state index < -0.39 is 0 Å². The van der Waals surface area contributed by atoms with Crippen LogP contribution in [0.15, 0.2) is 36.4 Å². The zero-order valence-corrected chi connectivity index (χ0v) is 17.4. The van der Waals surface area contributed by atoms with E-state index in [0.717, 1.165) is 33.4 Å². The molecule has 0 amide bonds. The Hall–Kier alpha value is -1.72. The monoisotopic (exact) mass is 386 g/mol. The summed E-state index contributed by atoms with van der Waals surface area (Å²) in [4.78, 5) is 0. The summed E-state index contributed by atoms with van der Waals surface area (Å²) in [6.45, 7) is 8.13. The Morgan fingerprint density at radius 1 is 0.571 bits per heavy atom. The molecule has 2 aromatic rings. The normalized spacial score (nSPS) is 15.9. The predicted molar refractivity (Wildman–Crippen MR) is 114 cm³/mol. The van der Waals surface area contributed by atoms with Crippen LogP contribution < -0.4 is 0 Å². The van der Waals surface area contributed by atoms with Crippen LogP contribution in [0.2, 0.25) is 0 Å². The molecule has 0 bridgehead atoms. The smallest absolute Gasteiger partial charge is 0.0497 e. The lowest BCUT2D eigenvalue weighted by atomic mass is 9.81. The highest BCUT2D eigenvalue weighted by Gasteiger charge is 2.22. The summed E-state index contributed by atoms with van der Waals surface area (Å²) in [6, 6.07) is 12.3. The van der Waals surface area contributed by atoms with Gasteiger partial charge < -0.3 is 20.4 Å². The molecule has 0 aromatic heterocycles. The second kappa shape index (κ2) is 10.2. The Balaban J connectivity index is 2.71. The highest BCUT2D eigenvalue weighted by atomic mass is 16.3. The Morgan fingerprint density at radius 3 is 1.36 bits per heavy atom. The second-order valence-electron chi connectivity index (χ2n) is 8.03. The van der Waals surface area contributed by atoms with E-state index in [-0.39, 0.29) is 50.1 Å². The van der Waals surface area contributed by atoms with Gasteiger partial charge in [0.1, 0.15) is 0 Å². The molecule has 4 unspecified atom stereocenters. The Morgan fingerprint density at radius 2 is 0.964 bits per heavy atom. The van der Waals surface area contributed by atoms with Gasteiger partial charge in [-0.2, -0.15) is 0 Å². The van der Waals surface area contributed by atoms with Crippen LogP contribution in [0.25, 0.3) is 11.1 Å². The number of benzene rings is 2. The lowest BCUT2D eigenvalue weighted by Crippen LogP contribution is -2.11. The zero-order valence-electron chi connectivity index (χ0n) is 17.4. The van der Waals surface area contributed by atoms with Crippen molar-refractivity contribution >= 4 is 0 Å². The molecule has 0 fully saturated rings. The minimum absolute atomic E-state index is 0.0175. The fourth-order valence-electron chi connectivity index (χ4n) is 3.49. The lowest BCUT2D eigenvalue weighted by molar-refractivity contribution is 0.268. The summed E-state index contributed by atoms with van der Waals surface area (Å²) in [5.74, 6) is -0.0762. The van der Waals surface area contributed by atoms with Crippen molar-refractivity contribution in [1.29, 1.82) is 0 Å². The van der Waals surface area contributed by atoms with Crippen molar-refractivity contribution in [2.45, 2.75) is 51.4 Å². The molecule has 154 valence electrons. The highest BCUT2D eigenvalue weighted by Crippen LogP contribution is 2.39. The van der Waals surface area contributed by atoms with Crippen molar-refractivity contribution in [3.8, 4) is 11.1 Å². The van der Waals surface area contributed by atoms with E-state index in [0.29, 0.717) is 0 Å². The number of hydrogen-bond donors (Lipinski definition) is 4. The number of aliphatic hydroxyl groups excluding tert-OH is 4. The number of aliphatic hydroxyl groups is 4. The highest BCUT2D eigenvalue weighted by molar-refractivity contribution is 5.73. The third-order valence-electron chi connectivity index (χ3n) is 5.72. The first-order chi connectivity index (χ1) is 13.4. The summed E-state index contributed by atoms with van der Waals surface area (Å²) >= 11 is 0. The van der Waals surface area contributed by atoms with Gasteiger partial charge in [-0.05, 0) is 33.4 Å². The molecular weight excluding hydrogens is 352 g/mol. The SMILES string of the molecule is CC(CO)c1ccc(-c2c(C(C)CO)cc(C(C)CO)cc2C(C)CO)cc1. The molecule has 2 aromatic carbocycles. The molecule has 0 aliphatic rings. The van der Waals surface area contributed by atoms with Gasteiger partial charge in [0.25, 0.3) is 0 Å². The predicted octanol–water partition coefficient (Wildman–Crippen LogP) is 3.74. The minimum atomic E-state index is -0.0680. The van der Waals surface area contributed by atoms with Gasteiger partial charge in [-0.3, -0.25) is 0 Å². The van der Waals surface area contributed by atoms with E-state index in [2.05, 4.69) is 12.1 Å². The minimum Gasteiger partial charge on any atom is -0.396 e. The number of rotatable bonds is 9. The van der Waals surface area contributed by atoms with Crippen LogP contribution in [0.5, 0.6) is 0 Å². The third-order valence-corrected chi connectivity index (χ3v) is 5.72. The van der Waals surface area contributed by atoms with Crippen molar-refractivity contribution < 1.29 is 20.4 Å². The fraction of sp³-hybridized carbons (Fsp3) is 0.500. The molecule has 4 heteroatoms. The van der Waals surface area contributed by atoms with Gasteiger partial charge in [-0.15, -0.1) is 0 Å². The molecule has 0 aliphatic heterocycles. The average Bonchev–Trinajstić information content (AvgIpc) is 2.75. The van der Waals surface area contributed by atoms with Crippen molar-refractivity contribution in [3.05, 3.63) is 58.7 Å². The topological polar surface area (TPSA) is 80.9 Å². The first-order valence-corrected chi connectivity index (χ1v) is 10.1. The van der Waals surface area contributed by atoms with Crippen molar-refractivity contribution in [2.24, 2.45) is 0 Å².